The normalized spacial score (nSPS) is 10.4. The molecule has 2 N–H and O–H groups in total. The van der Waals surface area contributed by atoms with Crippen molar-refractivity contribution in [3.8, 4) is 0 Å². The van der Waals surface area contributed by atoms with Gasteiger partial charge in [-0.1, -0.05) is 48.0 Å². The minimum Gasteiger partial charge on any atom is -0.398 e. The summed E-state index contributed by atoms with van der Waals surface area (Å²) in [7, 11) is 1.78. The number of halogens is 1. The van der Waals surface area contributed by atoms with E-state index < -0.39 is 0 Å². The summed E-state index contributed by atoms with van der Waals surface area (Å²) in [6, 6.07) is 15.4. The molecular formula is C17H19ClN2O. The summed E-state index contributed by atoms with van der Waals surface area (Å²) in [6.45, 7) is 0.679. The number of hydrogen-bond donors (Lipinski definition) is 1. The number of nitrogens with zero attached hydrogens (tertiary/aromatic N) is 1. The molecule has 110 valence electrons. The Morgan fingerprint density at radius 2 is 1.86 bits per heavy atom. The third-order valence-corrected chi connectivity index (χ3v) is 3.83. The Morgan fingerprint density at radius 3 is 2.57 bits per heavy atom. The van der Waals surface area contributed by atoms with Gasteiger partial charge in [-0.05, 0) is 30.5 Å². The quantitative estimate of drug-likeness (QED) is 0.857. The highest BCUT2D eigenvalue weighted by Gasteiger charge is 2.15. The van der Waals surface area contributed by atoms with E-state index in [9.17, 15) is 4.79 Å². The van der Waals surface area contributed by atoms with E-state index in [-0.39, 0.29) is 5.91 Å². The van der Waals surface area contributed by atoms with E-state index in [1.165, 1.54) is 5.56 Å². The third kappa shape index (κ3) is 3.99. The van der Waals surface area contributed by atoms with E-state index in [4.69, 9.17) is 17.3 Å². The van der Waals surface area contributed by atoms with Gasteiger partial charge in [0.2, 0.25) is 0 Å². The highest BCUT2D eigenvalue weighted by atomic mass is 35.5. The zero-order chi connectivity index (χ0) is 15.2. The molecular weight excluding hydrogens is 284 g/mol. The van der Waals surface area contributed by atoms with Crippen molar-refractivity contribution in [2.45, 2.75) is 12.8 Å². The molecule has 3 nitrogen and oxygen atoms in total. The van der Waals surface area contributed by atoms with Gasteiger partial charge >= 0.3 is 0 Å². The molecule has 0 saturated carbocycles. The standard InChI is InChI=1S/C17H19ClN2O/c1-20(12-6-9-13-7-3-2-4-8-13)17(21)14-10-5-11-15(19)16(14)18/h2-5,7-8,10-11H,6,9,12,19H2,1H3. The first kappa shape index (κ1) is 15.4. The zero-order valence-electron chi connectivity index (χ0n) is 12.1. The first-order valence-electron chi connectivity index (χ1n) is 6.93. The van der Waals surface area contributed by atoms with Gasteiger partial charge in [0.25, 0.3) is 5.91 Å². The van der Waals surface area contributed by atoms with Crippen LogP contribution in [0.2, 0.25) is 5.02 Å². The van der Waals surface area contributed by atoms with Gasteiger partial charge < -0.3 is 10.6 Å². The second-order valence-corrected chi connectivity index (χ2v) is 5.40. The average molecular weight is 303 g/mol. The lowest BCUT2D eigenvalue weighted by Crippen LogP contribution is -2.28. The van der Waals surface area contributed by atoms with Crippen molar-refractivity contribution >= 4 is 23.2 Å². The molecule has 0 aliphatic heterocycles. The Morgan fingerprint density at radius 1 is 1.14 bits per heavy atom. The maximum absolute atomic E-state index is 12.3. The van der Waals surface area contributed by atoms with Crippen LogP contribution in [0.1, 0.15) is 22.3 Å². The molecule has 0 aliphatic rings. The molecule has 4 heteroatoms. The van der Waals surface area contributed by atoms with Gasteiger partial charge in [-0.2, -0.15) is 0 Å². The van der Waals surface area contributed by atoms with E-state index in [1.54, 1.807) is 30.1 Å². The van der Waals surface area contributed by atoms with E-state index in [2.05, 4.69) is 12.1 Å². The minimum atomic E-state index is -0.0969. The largest absolute Gasteiger partial charge is 0.398 e. The lowest BCUT2D eigenvalue weighted by molar-refractivity contribution is 0.0794. The van der Waals surface area contributed by atoms with Crippen LogP contribution >= 0.6 is 11.6 Å². The SMILES string of the molecule is CN(CCCc1ccccc1)C(=O)c1cccc(N)c1Cl. The molecule has 0 bridgehead atoms. The van der Waals surface area contributed by atoms with Crippen LogP contribution in [0.3, 0.4) is 0 Å². The first-order valence-corrected chi connectivity index (χ1v) is 7.31. The molecule has 2 aromatic rings. The molecule has 2 rings (SSSR count). The van der Waals surface area contributed by atoms with Gasteiger partial charge in [-0.15, -0.1) is 0 Å². The number of amides is 1. The average Bonchev–Trinajstić information content (AvgIpc) is 2.50. The smallest absolute Gasteiger partial charge is 0.255 e. The predicted molar refractivity (Wildman–Crippen MR) is 87.6 cm³/mol. The molecule has 1 amide bonds. The monoisotopic (exact) mass is 302 g/mol. The van der Waals surface area contributed by atoms with Crippen LogP contribution in [0, 0.1) is 0 Å². The fourth-order valence-electron chi connectivity index (χ4n) is 2.19. The van der Waals surface area contributed by atoms with E-state index in [0.29, 0.717) is 22.8 Å². The number of benzene rings is 2. The summed E-state index contributed by atoms with van der Waals surface area (Å²) in [5.74, 6) is -0.0969. The maximum Gasteiger partial charge on any atom is 0.255 e. The summed E-state index contributed by atoms with van der Waals surface area (Å²) in [5, 5.41) is 0.331. The third-order valence-electron chi connectivity index (χ3n) is 3.41. The number of rotatable bonds is 5. The fraction of sp³-hybridized carbons (Fsp3) is 0.235. The molecule has 0 fully saturated rings. The predicted octanol–water partition coefficient (Wildman–Crippen LogP) is 3.63. The lowest BCUT2D eigenvalue weighted by Gasteiger charge is -2.18. The van der Waals surface area contributed by atoms with Gasteiger partial charge in [0.1, 0.15) is 0 Å². The van der Waals surface area contributed by atoms with Gasteiger partial charge in [0.15, 0.2) is 0 Å². The van der Waals surface area contributed by atoms with Gasteiger partial charge in [-0.25, -0.2) is 0 Å². The molecule has 21 heavy (non-hydrogen) atoms. The maximum atomic E-state index is 12.3. The van der Waals surface area contributed by atoms with Gasteiger partial charge in [-0.3, -0.25) is 4.79 Å². The molecule has 0 atom stereocenters. The van der Waals surface area contributed by atoms with Crippen molar-refractivity contribution in [1.29, 1.82) is 0 Å². The number of nitrogen functional groups attached to an aromatic ring is 1. The highest BCUT2D eigenvalue weighted by Crippen LogP contribution is 2.24. The van der Waals surface area contributed by atoms with E-state index in [0.717, 1.165) is 12.8 Å². The molecule has 0 unspecified atom stereocenters. The Hall–Kier alpha value is -2.00. The molecule has 0 heterocycles. The number of hydrogen-bond acceptors (Lipinski definition) is 2. The highest BCUT2D eigenvalue weighted by molar-refractivity contribution is 6.36. The number of carbonyl (C=O) groups excluding carboxylic acids is 1. The number of nitrogens with two attached hydrogens (primary N) is 1. The van der Waals surface area contributed by atoms with Crippen LogP contribution in [-0.4, -0.2) is 24.4 Å². The van der Waals surface area contributed by atoms with Crippen LogP contribution in [-0.2, 0) is 6.42 Å². The Balaban J connectivity index is 1.92. The number of anilines is 1. The Labute approximate surface area is 130 Å². The zero-order valence-corrected chi connectivity index (χ0v) is 12.8. The van der Waals surface area contributed by atoms with Crippen LogP contribution in [0.5, 0.6) is 0 Å². The van der Waals surface area contributed by atoms with Crippen LogP contribution in [0.15, 0.2) is 48.5 Å². The van der Waals surface area contributed by atoms with Crippen molar-refractivity contribution < 1.29 is 4.79 Å². The summed E-state index contributed by atoms with van der Waals surface area (Å²) < 4.78 is 0. The second-order valence-electron chi connectivity index (χ2n) is 5.02. The van der Waals surface area contributed by atoms with Crippen LogP contribution < -0.4 is 5.73 Å². The van der Waals surface area contributed by atoms with Gasteiger partial charge in [0, 0.05) is 13.6 Å². The van der Waals surface area contributed by atoms with Crippen LogP contribution in [0.4, 0.5) is 5.69 Å². The lowest BCUT2D eigenvalue weighted by atomic mass is 10.1. The van der Waals surface area contributed by atoms with Crippen molar-refractivity contribution in [3.63, 3.8) is 0 Å². The number of aryl methyl sites for hydroxylation is 1. The molecule has 2 aromatic carbocycles. The van der Waals surface area contributed by atoms with Crippen molar-refractivity contribution in [2.24, 2.45) is 0 Å². The van der Waals surface area contributed by atoms with Crippen LogP contribution in [0.25, 0.3) is 0 Å². The Bertz CT molecular complexity index is 613. The molecule has 0 aromatic heterocycles. The molecule has 0 saturated heterocycles. The molecule has 0 spiro atoms. The summed E-state index contributed by atoms with van der Waals surface area (Å²) >= 11 is 6.09. The first-order chi connectivity index (χ1) is 10.1. The molecule has 0 radical (unpaired) electrons. The second kappa shape index (κ2) is 7.14. The van der Waals surface area contributed by atoms with E-state index >= 15 is 0 Å². The van der Waals surface area contributed by atoms with Gasteiger partial charge in [0.05, 0.1) is 16.3 Å². The molecule has 0 aliphatic carbocycles. The summed E-state index contributed by atoms with van der Waals surface area (Å²) in [4.78, 5) is 14.0. The topological polar surface area (TPSA) is 46.3 Å². The summed E-state index contributed by atoms with van der Waals surface area (Å²) in [6.07, 6.45) is 1.86. The Kier molecular flexibility index (Phi) is 5.23. The summed E-state index contributed by atoms with van der Waals surface area (Å²) in [5.41, 5.74) is 7.90. The van der Waals surface area contributed by atoms with Crippen molar-refractivity contribution in [3.05, 3.63) is 64.7 Å². The minimum absolute atomic E-state index is 0.0969. The fourth-order valence-corrected chi connectivity index (χ4v) is 2.39. The van der Waals surface area contributed by atoms with Crippen molar-refractivity contribution in [1.82, 2.24) is 4.90 Å². The number of carbonyl (C=O) groups is 1. The van der Waals surface area contributed by atoms with E-state index in [1.807, 2.05) is 18.2 Å². The van der Waals surface area contributed by atoms with Crippen molar-refractivity contribution in [2.75, 3.05) is 19.3 Å².